The fourth-order valence-electron chi connectivity index (χ4n) is 4.70. The van der Waals surface area contributed by atoms with E-state index in [9.17, 15) is 4.79 Å². The molecule has 1 fully saturated rings. The van der Waals surface area contributed by atoms with E-state index in [2.05, 4.69) is 73.3 Å². The first-order chi connectivity index (χ1) is 13.7. The minimum absolute atomic E-state index is 0.134. The Morgan fingerprint density at radius 3 is 2.21 bits per heavy atom. The SMILES string of the molecule is CCN(CC)C(=O)[C@@H]1CCCN(Cc2c3ccccc3cc3ccccc23)C1. The monoisotopic (exact) mass is 374 g/mol. The Labute approximate surface area is 167 Å². The number of rotatable bonds is 5. The molecule has 1 saturated heterocycles. The van der Waals surface area contributed by atoms with Gasteiger partial charge in [-0.15, -0.1) is 0 Å². The zero-order valence-electron chi connectivity index (χ0n) is 17.0. The lowest BCUT2D eigenvalue weighted by molar-refractivity contribution is -0.137. The molecule has 0 unspecified atom stereocenters. The normalized spacial score (nSPS) is 17.9. The van der Waals surface area contributed by atoms with Crippen molar-refractivity contribution in [2.75, 3.05) is 26.2 Å². The largest absolute Gasteiger partial charge is 0.343 e. The fourth-order valence-corrected chi connectivity index (χ4v) is 4.70. The molecule has 0 saturated carbocycles. The number of nitrogens with zero attached hydrogens (tertiary/aromatic N) is 2. The third-order valence-electron chi connectivity index (χ3n) is 6.19. The zero-order chi connectivity index (χ0) is 19.5. The maximum absolute atomic E-state index is 12.9. The zero-order valence-corrected chi connectivity index (χ0v) is 17.0. The van der Waals surface area contributed by atoms with Gasteiger partial charge in [0.25, 0.3) is 0 Å². The van der Waals surface area contributed by atoms with Crippen molar-refractivity contribution >= 4 is 27.5 Å². The second-order valence-corrected chi connectivity index (χ2v) is 7.88. The molecule has 3 aromatic carbocycles. The third-order valence-corrected chi connectivity index (χ3v) is 6.19. The summed E-state index contributed by atoms with van der Waals surface area (Å²) in [6.07, 6.45) is 2.11. The Kier molecular flexibility index (Phi) is 5.63. The van der Waals surface area contributed by atoms with Crippen LogP contribution in [0, 0.1) is 5.92 Å². The minimum Gasteiger partial charge on any atom is -0.343 e. The molecule has 3 heteroatoms. The summed E-state index contributed by atoms with van der Waals surface area (Å²) < 4.78 is 0. The lowest BCUT2D eigenvalue weighted by atomic mass is 9.93. The summed E-state index contributed by atoms with van der Waals surface area (Å²) in [6.45, 7) is 8.60. The summed E-state index contributed by atoms with van der Waals surface area (Å²) >= 11 is 0. The number of amides is 1. The standard InChI is InChI=1S/C25H30N2O/c1-3-27(4-2)25(28)21-12-9-15-26(17-21)18-24-22-13-7-5-10-19(22)16-20-11-6-8-14-23(20)24/h5-8,10-11,13-14,16,21H,3-4,9,12,15,17-18H2,1-2H3/t21-/m1/s1. The average Bonchev–Trinajstić information content (AvgIpc) is 2.74. The second kappa shape index (κ2) is 8.32. The van der Waals surface area contributed by atoms with Gasteiger partial charge in [0, 0.05) is 26.2 Å². The van der Waals surface area contributed by atoms with E-state index in [4.69, 9.17) is 0 Å². The summed E-state index contributed by atoms with van der Waals surface area (Å²) in [5, 5.41) is 5.25. The first-order valence-electron chi connectivity index (χ1n) is 10.6. The van der Waals surface area contributed by atoms with E-state index in [1.54, 1.807) is 0 Å². The van der Waals surface area contributed by atoms with Gasteiger partial charge >= 0.3 is 0 Å². The molecular formula is C25H30N2O. The van der Waals surface area contributed by atoms with Crippen molar-refractivity contribution < 1.29 is 4.79 Å². The molecule has 146 valence electrons. The molecule has 3 nitrogen and oxygen atoms in total. The number of benzene rings is 3. The number of carbonyl (C=O) groups is 1. The first kappa shape index (κ1) is 18.9. The number of fused-ring (bicyclic) bond motifs is 2. The lowest BCUT2D eigenvalue weighted by Crippen LogP contribution is -2.44. The highest BCUT2D eigenvalue weighted by Crippen LogP contribution is 2.31. The Balaban J connectivity index is 1.64. The highest BCUT2D eigenvalue weighted by molar-refractivity contribution is 6.02. The van der Waals surface area contributed by atoms with Gasteiger partial charge < -0.3 is 4.90 Å². The topological polar surface area (TPSA) is 23.6 Å². The molecule has 1 aliphatic rings. The van der Waals surface area contributed by atoms with Crippen molar-refractivity contribution in [3.63, 3.8) is 0 Å². The van der Waals surface area contributed by atoms with Crippen molar-refractivity contribution in [2.24, 2.45) is 5.92 Å². The van der Waals surface area contributed by atoms with Crippen LogP contribution in [0.3, 0.4) is 0 Å². The van der Waals surface area contributed by atoms with E-state index < -0.39 is 0 Å². The van der Waals surface area contributed by atoms with E-state index in [-0.39, 0.29) is 5.92 Å². The molecule has 0 aliphatic carbocycles. The van der Waals surface area contributed by atoms with Gasteiger partial charge in [-0.05, 0) is 66.4 Å². The number of hydrogen-bond donors (Lipinski definition) is 0. The summed E-state index contributed by atoms with van der Waals surface area (Å²) in [4.78, 5) is 17.4. The van der Waals surface area contributed by atoms with Crippen molar-refractivity contribution in [1.82, 2.24) is 9.80 Å². The van der Waals surface area contributed by atoms with E-state index in [1.165, 1.54) is 27.1 Å². The van der Waals surface area contributed by atoms with Gasteiger partial charge in [-0.3, -0.25) is 9.69 Å². The Bertz CT molecular complexity index is 923. The van der Waals surface area contributed by atoms with Gasteiger partial charge in [-0.25, -0.2) is 0 Å². The quantitative estimate of drug-likeness (QED) is 0.582. The van der Waals surface area contributed by atoms with Crippen molar-refractivity contribution in [3.8, 4) is 0 Å². The predicted molar refractivity (Wildman–Crippen MR) is 117 cm³/mol. The van der Waals surface area contributed by atoms with Crippen LogP contribution in [-0.4, -0.2) is 41.9 Å². The minimum atomic E-state index is 0.134. The molecule has 1 aliphatic heterocycles. The van der Waals surface area contributed by atoms with Crippen molar-refractivity contribution in [2.45, 2.75) is 33.2 Å². The smallest absolute Gasteiger partial charge is 0.226 e. The average molecular weight is 375 g/mol. The molecule has 1 amide bonds. The number of piperidine rings is 1. The van der Waals surface area contributed by atoms with E-state index in [0.29, 0.717) is 5.91 Å². The van der Waals surface area contributed by atoms with Crippen LogP contribution in [0.2, 0.25) is 0 Å². The van der Waals surface area contributed by atoms with Crippen LogP contribution >= 0.6 is 0 Å². The Hall–Kier alpha value is -2.39. The summed E-state index contributed by atoms with van der Waals surface area (Å²) in [5.74, 6) is 0.465. The van der Waals surface area contributed by atoms with Gasteiger partial charge in [-0.2, -0.15) is 0 Å². The van der Waals surface area contributed by atoms with Gasteiger partial charge in [-0.1, -0.05) is 48.5 Å². The molecular weight excluding hydrogens is 344 g/mol. The molecule has 1 atom stereocenters. The molecule has 0 bridgehead atoms. The van der Waals surface area contributed by atoms with Crippen LogP contribution in [0.1, 0.15) is 32.3 Å². The van der Waals surface area contributed by atoms with E-state index in [0.717, 1.165) is 45.6 Å². The van der Waals surface area contributed by atoms with Crippen LogP contribution < -0.4 is 0 Å². The van der Waals surface area contributed by atoms with Gasteiger partial charge in [0.2, 0.25) is 5.91 Å². The number of hydrogen-bond acceptors (Lipinski definition) is 2. The summed E-state index contributed by atoms with van der Waals surface area (Å²) in [5.41, 5.74) is 1.39. The third kappa shape index (κ3) is 3.64. The molecule has 0 N–H and O–H groups in total. The van der Waals surface area contributed by atoms with Gasteiger partial charge in [0.15, 0.2) is 0 Å². The summed E-state index contributed by atoms with van der Waals surface area (Å²) in [7, 11) is 0. The van der Waals surface area contributed by atoms with E-state index in [1.807, 2.05) is 4.90 Å². The van der Waals surface area contributed by atoms with Gasteiger partial charge in [0.05, 0.1) is 5.92 Å². The maximum Gasteiger partial charge on any atom is 0.226 e. The molecule has 4 rings (SSSR count). The number of carbonyl (C=O) groups excluding carboxylic acids is 1. The first-order valence-corrected chi connectivity index (χ1v) is 10.6. The second-order valence-electron chi connectivity index (χ2n) is 7.88. The molecule has 0 radical (unpaired) electrons. The lowest BCUT2D eigenvalue weighted by Gasteiger charge is -2.35. The molecule has 28 heavy (non-hydrogen) atoms. The Morgan fingerprint density at radius 2 is 1.61 bits per heavy atom. The van der Waals surface area contributed by atoms with Gasteiger partial charge in [0.1, 0.15) is 0 Å². The van der Waals surface area contributed by atoms with Crippen LogP contribution in [-0.2, 0) is 11.3 Å². The predicted octanol–water partition coefficient (Wildman–Crippen LogP) is 5.07. The number of likely N-dealkylation sites (tertiary alicyclic amines) is 1. The summed E-state index contributed by atoms with van der Waals surface area (Å²) in [6, 6.07) is 19.6. The van der Waals surface area contributed by atoms with E-state index >= 15 is 0 Å². The van der Waals surface area contributed by atoms with Crippen molar-refractivity contribution in [3.05, 3.63) is 60.2 Å². The van der Waals surface area contributed by atoms with Crippen LogP contribution in [0.25, 0.3) is 21.5 Å². The molecule has 0 spiro atoms. The Morgan fingerprint density at radius 1 is 1.00 bits per heavy atom. The van der Waals surface area contributed by atoms with Crippen LogP contribution in [0.4, 0.5) is 0 Å². The molecule has 1 heterocycles. The highest BCUT2D eigenvalue weighted by Gasteiger charge is 2.28. The van der Waals surface area contributed by atoms with Crippen LogP contribution in [0.5, 0.6) is 0 Å². The maximum atomic E-state index is 12.9. The highest BCUT2D eigenvalue weighted by atomic mass is 16.2. The molecule has 3 aromatic rings. The fraction of sp³-hybridized carbons (Fsp3) is 0.400. The van der Waals surface area contributed by atoms with Crippen molar-refractivity contribution in [1.29, 1.82) is 0 Å². The van der Waals surface area contributed by atoms with Crippen LogP contribution in [0.15, 0.2) is 54.6 Å². The molecule has 0 aromatic heterocycles.